The van der Waals surface area contributed by atoms with Gasteiger partial charge in [-0.05, 0) is 42.4 Å². The normalized spacial score (nSPS) is 22.3. The van der Waals surface area contributed by atoms with Gasteiger partial charge in [-0.25, -0.2) is 4.68 Å². The van der Waals surface area contributed by atoms with Gasteiger partial charge in [0.05, 0.1) is 18.2 Å². The second-order valence-electron chi connectivity index (χ2n) is 8.94. The number of likely N-dealkylation sites (N-methyl/N-ethyl adjacent to an activating group) is 1. The van der Waals surface area contributed by atoms with Crippen LogP contribution in [0.3, 0.4) is 0 Å². The van der Waals surface area contributed by atoms with Crippen molar-refractivity contribution in [3.8, 4) is 11.5 Å². The van der Waals surface area contributed by atoms with E-state index in [9.17, 15) is 4.79 Å². The summed E-state index contributed by atoms with van der Waals surface area (Å²) in [5.41, 5.74) is 1.18. The topological polar surface area (TPSA) is 111 Å². The number of hydrogen-bond acceptors (Lipinski definition) is 9. The molecule has 11 nitrogen and oxygen atoms in total. The van der Waals surface area contributed by atoms with E-state index in [-0.39, 0.29) is 24.5 Å². The zero-order valence-corrected chi connectivity index (χ0v) is 18.6. The molecule has 2 saturated heterocycles. The maximum Gasteiger partial charge on any atom is 0.253 e. The molecule has 0 radical (unpaired) electrons. The van der Waals surface area contributed by atoms with Crippen LogP contribution in [0.2, 0.25) is 0 Å². The number of hydrogen-bond donors (Lipinski definition) is 1. The summed E-state index contributed by atoms with van der Waals surface area (Å²) >= 11 is 0. The molecule has 5 heterocycles. The minimum absolute atomic E-state index is 0.0926. The molecule has 33 heavy (non-hydrogen) atoms. The first-order valence-corrected chi connectivity index (χ1v) is 11.4. The number of rotatable bonds is 5. The van der Waals surface area contributed by atoms with Gasteiger partial charge in [-0.1, -0.05) is 0 Å². The first-order valence-electron chi connectivity index (χ1n) is 11.4. The first-order chi connectivity index (χ1) is 16.2. The lowest BCUT2D eigenvalue weighted by molar-refractivity contribution is 0.0878. The van der Waals surface area contributed by atoms with Gasteiger partial charge >= 0.3 is 0 Å². The molecule has 2 fully saturated rings. The van der Waals surface area contributed by atoms with Gasteiger partial charge in [0.1, 0.15) is 6.04 Å². The number of nitrogens with one attached hydrogen (secondary N) is 1. The molecule has 0 amide bonds. The summed E-state index contributed by atoms with van der Waals surface area (Å²) in [5, 5.41) is 13.5. The molecule has 0 spiro atoms. The molecule has 3 aromatic rings. The lowest BCUT2D eigenvalue weighted by Crippen LogP contribution is -2.47. The summed E-state index contributed by atoms with van der Waals surface area (Å²) in [4.78, 5) is 21.0. The van der Waals surface area contributed by atoms with Crippen molar-refractivity contribution >= 4 is 10.9 Å². The molecule has 174 valence electrons. The maximum atomic E-state index is 13.4. The Balaban J connectivity index is 1.44. The van der Waals surface area contributed by atoms with E-state index in [1.54, 1.807) is 0 Å². The van der Waals surface area contributed by atoms with Crippen molar-refractivity contribution in [2.45, 2.75) is 31.5 Å². The largest absolute Gasteiger partial charge is 0.454 e. The minimum atomic E-state index is -0.367. The Morgan fingerprint density at radius 2 is 1.97 bits per heavy atom. The van der Waals surface area contributed by atoms with Crippen molar-refractivity contribution in [1.82, 2.24) is 35.0 Å². The highest BCUT2D eigenvalue weighted by Crippen LogP contribution is 2.36. The van der Waals surface area contributed by atoms with Crippen LogP contribution in [0.4, 0.5) is 0 Å². The molecule has 1 aromatic carbocycles. The Morgan fingerprint density at radius 1 is 1.15 bits per heavy atom. The van der Waals surface area contributed by atoms with Gasteiger partial charge in [-0.2, -0.15) is 0 Å². The molecule has 0 unspecified atom stereocenters. The average molecular weight is 454 g/mol. The van der Waals surface area contributed by atoms with Crippen molar-refractivity contribution in [3.05, 3.63) is 39.9 Å². The lowest BCUT2D eigenvalue weighted by atomic mass is 10.0. The Bertz CT molecular complexity index is 1210. The molecule has 0 aliphatic carbocycles. The minimum Gasteiger partial charge on any atom is -0.454 e. The summed E-state index contributed by atoms with van der Waals surface area (Å²) < 4.78 is 18.6. The predicted molar refractivity (Wildman–Crippen MR) is 118 cm³/mol. The third-order valence-electron chi connectivity index (χ3n) is 6.77. The van der Waals surface area contributed by atoms with E-state index in [1.165, 1.54) is 0 Å². The molecule has 6 rings (SSSR count). The molecule has 3 aliphatic heterocycles. The number of pyridine rings is 1. The van der Waals surface area contributed by atoms with Crippen molar-refractivity contribution in [2.75, 3.05) is 46.6 Å². The summed E-state index contributed by atoms with van der Waals surface area (Å²) in [6, 6.07) is 5.29. The number of tetrazole rings is 1. The summed E-state index contributed by atoms with van der Waals surface area (Å²) in [6.45, 7) is 4.98. The quantitative estimate of drug-likeness (QED) is 0.598. The number of aromatic amines is 1. The molecule has 0 bridgehead atoms. The summed E-state index contributed by atoms with van der Waals surface area (Å²) in [6.07, 6.45) is 2.13. The maximum absolute atomic E-state index is 13.4. The number of ether oxygens (including phenoxy) is 3. The van der Waals surface area contributed by atoms with Gasteiger partial charge in [0.2, 0.25) is 6.79 Å². The molecular weight excluding hydrogens is 426 g/mol. The number of H-pyrrole nitrogens is 1. The van der Waals surface area contributed by atoms with Gasteiger partial charge in [0.15, 0.2) is 17.3 Å². The molecule has 3 aliphatic rings. The second-order valence-corrected chi connectivity index (χ2v) is 8.94. The van der Waals surface area contributed by atoms with Crippen LogP contribution in [-0.2, 0) is 11.3 Å². The summed E-state index contributed by atoms with van der Waals surface area (Å²) in [7, 11) is 2.11. The number of nitrogens with zero attached hydrogens (tertiary/aromatic N) is 6. The van der Waals surface area contributed by atoms with E-state index >= 15 is 0 Å². The van der Waals surface area contributed by atoms with Crippen LogP contribution in [0.15, 0.2) is 23.0 Å². The lowest BCUT2D eigenvalue weighted by Gasteiger charge is -2.37. The Hall–Kier alpha value is -3.02. The van der Waals surface area contributed by atoms with Crippen LogP contribution in [0.25, 0.3) is 10.9 Å². The smallest absolute Gasteiger partial charge is 0.253 e. The number of benzene rings is 1. The molecule has 1 N–H and O–H groups in total. The Kier molecular flexibility index (Phi) is 5.24. The van der Waals surface area contributed by atoms with Crippen LogP contribution in [0, 0.1) is 0 Å². The van der Waals surface area contributed by atoms with Gasteiger partial charge in [-0.15, -0.1) is 5.10 Å². The fourth-order valence-corrected chi connectivity index (χ4v) is 4.91. The van der Waals surface area contributed by atoms with E-state index in [4.69, 9.17) is 14.2 Å². The highest BCUT2D eigenvalue weighted by molar-refractivity contribution is 5.83. The molecular formula is C22H27N7O4. The van der Waals surface area contributed by atoms with Crippen molar-refractivity contribution in [2.24, 2.45) is 0 Å². The first kappa shape index (κ1) is 20.6. The van der Waals surface area contributed by atoms with Gasteiger partial charge in [-0.3, -0.25) is 9.69 Å². The zero-order valence-electron chi connectivity index (χ0n) is 18.6. The van der Waals surface area contributed by atoms with Crippen molar-refractivity contribution in [3.63, 3.8) is 0 Å². The number of aromatic nitrogens is 5. The fourth-order valence-electron chi connectivity index (χ4n) is 4.91. The van der Waals surface area contributed by atoms with Crippen LogP contribution >= 0.6 is 0 Å². The van der Waals surface area contributed by atoms with E-state index in [2.05, 4.69) is 37.4 Å². The SMILES string of the molecule is CN1CCN([C@@H](c2cc3cc4c(cc3[nH]c2=O)OCO4)c2nnnn2C[C@@H]2CCCO2)CC1. The van der Waals surface area contributed by atoms with E-state index in [1.807, 2.05) is 22.9 Å². The molecule has 2 atom stereocenters. The predicted octanol–water partition coefficient (Wildman–Crippen LogP) is 0.759. The van der Waals surface area contributed by atoms with Crippen LogP contribution in [0.5, 0.6) is 11.5 Å². The molecule has 0 saturated carbocycles. The number of fused-ring (bicyclic) bond motifs is 2. The van der Waals surface area contributed by atoms with Gasteiger partial charge in [0.25, 0.3) is 5.56 Å². The Labute approximate surface area is 190 Å². The zero-order chi connectivity index (χ0) is 22.4. The second kappa shape index (κ2) is 8.40. The van der Waals surface area contributed by atoms with Crippen LogP contribution in [0.1, 0.15) is 30.3 Å². The van der Waals surface area contributed by atoms with E-state index < -0.39 is 0 Å². The Morgan fingerprint density at radius 3 is 2.76 bits per heavy atom. The fraction of sp³-hybridized carbons (Fsp3) is 0.545. The van der Waals surface area contributed by atoms with Crippen LogP contribution < -0.4 is 15.0 Å². The van der Waals surface area contributed by atoms with Gasteiger partial charge < -0.3 is 24.1 Å². The van der Waals surface area contributed by atoms with E-state index in [0.29, 0.717) is 34.9 Å². The average Bonchev–Trinajstić information content (AvgIpc) is 3.57. The standard InChI is InChI=1S/C22H27N7O4/c1-27-4-6-28(7-5-27)20(21-24-25-26-29(21)12-15-3-2-8-31-15)16-9-14-10-18-19(33-13-32-18)11-17(14)23-22(16)30/h9-11,15,20H,2-8,12-13H2,1H3,(H,23,30)/t15-,20-/m0/s1. The van der Waals surface area contributed by atoms with Crippen molar-refractivity contribution < 1.29 is 14.2 Å². The third-order valence-corrected chi connectivity index (χ3v) is 6.77. The van der Waals surface area contributed by atoms with Crippen molar-refractivity contribution in [1.29, 1.82) is 0 Å². The van der Waals surface area contributed by atoms with Crippen LogP contribution in [-0.4, -0.2) is 87.7 Å². The highest BCUT2D eigenvalue weighted by Gasteiger charge is 2.33. The van der Waals surface area contributed by atoms with E-state index in [0.717, 1.165) is 51.0 Å². The molecule has 2 aromatic heterocycles. The molecule has 11 heteroatoms. The third kappa shape index (κ3) is 3.85. The van der Waals surface area contributed by atoms with Gasteiger partial charge in [0, 0.05) is 49.8 Å². The highest BCUT2D eigenvalue weighted by atomic mass is 16.7. The number of piperazine rings is 1. The monoisotopic (exact) mass is 453 g/mol. The summed E-state index contributed by atoms with van der Waals surface area (Å²) in [5.74, 6) is 1.99.